The van der Waals surface area contributed by atoms with Crippen LogP contribution in [0.3, 0.4) is 0 Å². The van der Waals surface area contributed by atoms with Gasteiger partial charge in [-0.15, -0.1) is 0 Å². The van der Waals surface area contributed by atoms with E-state index in [4.69, 9.17) is 4.74 Å². The molecule has 0 aliphatic carbocycles. The van der Waals surface area contributed by atoms with E-state index in [9.17, 15) is 9.59 Å². The molecule has 0 bridgehead atoms. The number of nitrogens with one attached hydrogen (secondary N) is 1. The number of rotatable bonds is 4. The lowest BCUT2D eigenvalue weighted by Gasteiger charge is -2.10. The van der Waals surface area contributed by atoms with Crippen molar-refractivity contribution in [2.45, 2.75) is 19.8 Å². The summed E-state index contributed by atoms with van der Waals surface area (Å²) in [6.45, 7) is 2.83. The molecule has 1 aromatic rings. The molecule has 96 valence electrons. The van der Waals surface area contributed by atoms with E-state index in [-0.39, 0.29) is 24.4 Å². The molecule has 0 aromatic carbocycles. The van der Waals surface area contributed by atoms with Gasteiger partial charge in [0.05, 0.1) is 12.2 Å². The Bertz CT molecular complexity index is 459. The first-order valence-corrected chi connectivity index (χ1v) is 6.07. The van der Waals surface area contributed by atoms with Gasteiger partial charge in [0, 0.05) is 31.3 Å². The van der Waals surface area contributed by atoms with Gasteiger partial charge in [0.1, 0.15) is 0 Å². The van der Waals surface area contributed by atoms with E-state index in [2.05, 4.69) is 10.3 Å². The highest BCUT2D eigenvalue weighted by Gasteiger charge is 2.23. The topological polar surface area (TPSA) is 68.3 Å². The van der Waals surface area contributed by atoms with Crippen molar-refractivity contribution in [1.82, 2.24) is 10.3 Å². The summed E-state index contributed by atoms with van der Waals surface area (Å²) in [5.41, 5.74) is 1.44. The summed E-state index contributed by atoms with van der Waals surface area (Å²) in [7, 11) is 0. The molecule has 1 aliphatic rings. The quantitative estimate of drug-likeness (QED) is 0.805. The van der Waals surface area contributed by atoms with Crippen LogP contribution in [0.25, 0.3) is 0 Å². The molecule has 2 heterocycles. The minimum atomic E-state index is -0.339. The average Bonchev–Trinajstić information content (AvgIpc) is 2.81. The summed E-state index contributed by atoms with van der Waals surface area (Å²) in [4.78, 5) is 26.9. The third-order valence-corrected chi connectivity index (χ3v) is 3.02. The first-order chi connectivity index (χ1) is 8.70. The zero-order valence-corrected chi connectivity index (χ0v) is 10.3. The third kappa shape index (κ3) is 2.85. The number of carbonyl (C=O) groups excluding carboxylic acids is 2. The Kier molecular flexibility index (Phi) is 3.92. The Balaban J connectivity index is 1.93. The summed E-state index contributed by atoms with van der Waals surface area (Å²) in [6.07, 6.45) is 4.43. The van der Waals surface area contributed by atoms with E-state index in [1.165, 1.54) is 0 Å². The van der Waals surface area contributed by atoms with Gasteiger partial charge in [0.2, 0.25) is 5.91 Å². The van der Waals surface area contributed by atoms with Crippen molar-refractivity contribution in [3.8, 4) is 0 Å². The highest BCUT2D eigenvalue weighted by atomic mass is 16.5. The number of pyridine rings is 1. The maximum Gasteiger partial charge on any atom is 0.338 e. The lowest BCUT2D eigenvalue weighted by atomic mass is 10.1. The van der Waals surface area contributed by atoms with E-state index in [0.717, 1.165) is 12.0 Å². The monoisotopic (exact) mass is 248 g/mol. The van der Waals surface area contributed by atoms with Crippen LogP contribution >= 0.6 is 0 Å². The molecule has 0 spiro atoms. The van der Waals surface area contributed by atoms with Crippen molar-refractivity contribution >= 4 is 11.9 Å². The molecule has 18 heavy (non-hydrogen) atoms. The van der Waals surface area contributed by atoms with Crippen LogP contribution in [0, 0.1) is 5.92 Å². The van der Waals surface area contributed by atoms with Gasteiger partial charge in [-0.1, -0.05) is 6.92 Å². The Morgan fingerprint density at radius 1 is 1.61 bits per heavy atom. The fourth-order valence-corrected chi connectivity index (χ4v) is 1.96. The van der Waals surface area contributed by atoms with Gasteiger partial charge in [-0.3, -0.25) is 9.78 Å². The second-order valence-corrected chi connectivity index (χ2v) is 4.36. The van der Waals surface area contributed by atoms with Crippen LogP contribution in [-0.2, 0) is 16.0 Å². The lowest BCUT2D eigenvalue weighted by molar-refractivity contribution is -0.119. The molecular weight excluding hydrogens is 232 g/mol. The van der Waals surface area contributed by atoms with Crippen molar-refractivity contribution in [3.63, 3.8) is 0 Å². The number of carbonyl (C=O) groups is 2. The Labute approximate surface area is 106 Å². The summed E-state index contributed by atoms with van der Waals surface area (Å²) < 4.78 is 5.24. The molecule has 1 aliphatic heterocycles. The number of hydrogen-bond acceptors (Lipinski definition) is 4. The van der Waals surface area contributed by atoms with Crippen molar-refractivity contribution in [3.05, 3.63) is 29.6 Å². The average molecular weight is 248 g/mol. The lowest BCUT2D eigenvalue weighted by Crippen LogP contribution is -2.18. The molecule has 1 amide bonds. The predicted molar refractivity (Wildman–Crippen MR) is 65.0 cm³/mol. The Morgan fingerprint density at radius 2 is 2.44 bits per heavy atom. The molecule has 1 atom stereocenters. The van der Waals surface area contributed by atoms with E-state index < -0.39 is 0 Å². The van der Waals surface area contributed by atoms with Crippen LogP contribution in [0.2, 0.25) is 0 Å². The summed E-state index contributed by atoms with van der Waals surface area (Å²) in [5, 5.41) is 2.72. The van der Waals surface area contributed by atoms with E-state index >= 15 is 0 Å². The van der Waals surface area contributed by atoms with Crippen molar-refractivity contribution in [2.24, 2.45) is 5.92 Å². The molecule has 1 N–H and O–H groups in total. The first-order valence-electron chi connectivity index (χ1n) is 6.07. The Hall–Kier alpha value is -1.91. The van der Waals surface area contributed by atoms with Gasteiger partial charge in [0.25, 0.3) is 0 Å². The molecule has 0 saturated carbocycles. The fourth-order valence-electron chi connectivity index (χ4n) is 1.96. The number of esters is 1. The summed E-state index contributed by atoms with van der Waals surface area (Å²) >= 11 is 0. The van der Waals surface area contributed by atoms with Crippen molar-refractivity contribution in [2.75, 3.05) is 13.2 Å². The highest BCUT2D eigenvalue weighted by Crippen LogP contribution is 2.13. The SMILES string of the molecule is CCc1cnccc1C(=O)OC[C@@H]1CNC(=O)C1. The molecule has 2 rings (SSSR count). The molecule has 5 nitrogen and oxygen atoms in total. The van der Waals surface area contributed by atoms with Gasteiger partial charge in [-0.25, -0.2) is 4.79 Å². The normalized spacial score (nSPS) is 18.5. The standard InChI is InChI=1S/C13H16N2O3/c1-2-10-7-14-4-3-11(10)13(17)18-8-9-5-12(16)15-6-9/h3-4,7,9H,2,5-6,8H2,1H3,(H,15,16)/t9-/m0/s1. The van der Waals surface area contributed by atoms with Crippen LogP contribution in [0.1, 0.15) is 29.3 Å². The number of aryl methyl sites for hydroxylation is 1. The molecule has 1 fully saturated rings. The number of hydrogen-bond donors (Lipinski definition) is 1. The van der Waals surface area contributed by atoms with Gasteiger partial charge in [-0.05, 0) is 18.1 Å². The van der Waals surface area contributed by atoms with Crippen LogP contribution < -0.4 is 5.32 Å². The van der Waals surface area contributed by atoms with Crippen LogP contribution in [-0.4, -0.2) is 30.0 Å². The van der Waals surface area contributed by atoms with Gasteiger partial charge in [-0.2, -0.15) is 0 Å². The molecular formula is C13H16N2O3. The maximum atomic E-state index is 11.9. The van der Waals surface area contributed by atoms with Gasteiger partial charge >= 0.3 is 5.97 Å². The minimum absolute atomic E-state index is 0.0224. The van der Waals surface area contributed by atoms with E-state index in [1.807, 2.05) is 6.92 Å². The summed E-state index contributed by atoms with van der Waals surface area (Å²) in [5.74, 6) is -0.226. The first kappa shape index (κ1) is 12.5. The minimum Gasteiger partial charge on any atom is -0.462 e. The van der Waals surface area contributed by atoms with Crippen LogP contribution in [0.15, 0.2) is 18.5 Å². The summed E-state index contributed by atoms with van der Waals surface area (Å²) in [6, 6.07) is 1.67. The second kappa shape index (κ2) is 5.62. The fraction of sp³-hybridized carbons (Fsp3) is 0.462. The zero-order valence-electron chi connectivity index (χ0n) is 10.3. The predicted octanol–water partition coefficient (Wildman–Crippen LogP) is 0.937. The maximum absolute atomic E-state index is 11.9. The number of ether oxygens (including phenoxy) is 1. The second-order valence-electron chi connectivity index (χ2n) is 4.36. The highest BCUT2D eigenvalue weighted by molar-refractivity contribution is 5.91. The smallest absolute Gasteiger partial charge is 0.338 e. The van der Waals surface area contributed by atoms with Gasteiger partial charge in [0.15, 0.2) is 0 Å². The van der Waals surface area contributed by atoms with E-state index in [1.54, 1.807) is 18.5 Å². The Morgan fingerprint density at radius 3 is 3.11 bits per heavy atom. The number of nitrogens with zero attached hydrogens (tertiary/aromatic N) is 1. The van der Waals surface area contributed by atoms with Crippen molar-refractivity contribution in [1.29, 1.82) is 0 Å². The van der Waals surface area contributed by atoms with Gasteiger partial charge < -0.3 is 10.1 Å². The van der Waals surface area contributed by atoms with Crippen LogP contribution in [0.5, 0.6) is 0 Å². The molecule has 5 heteroatoms. The molecule has 1 aromatic heterocycles. The molecule has 0 unspecified atom stereocenters. The largest absolute Gasteiger partial charge is 0.462 e. The number of amides is 1. The van der Waals surface area contributed by atoms with Crippen LogP contribution in [0.4, 0.5) is 0 Å². The van der Waals surface area contributed by atoms with E-state index in [0.29, 0.717) is 18.5 Å². The zero-order chi connectivity index (χ0) is 13.0. The molecule has 1 saturated heterocycles. The molecule has 0 radical (unpaired) electrons. The number of aromatic nitrogens is 1. The third-order valence-electron chi connectivity index (χ3n) is 3.02. The van der Waals surface area contributed by atoms with Crippen molar-refractivity contribution < 1.29 is 14.3 Å².